The normalized spacial score (nSPS) is 10.1. The highest BCUT2D eigenvalue weighted by Crippen LogP contribution is 2.26. The first kappa shape index (κ1) is 10.7. The zero-order valence-corrected chi connectivity index (χ0v) is 8.91. The molecule has 5 heteroatoms. The Bertz CT molecular complexity index is 502. The number of anilines is 1. The van der Waals surface area contributed by atoms with Crippen molar-refractivity contribution >= 4 is 17.3 Å². The predicted molar refractivity (Wildman–Crippen MR) is 60.1 cm³/mol. The average molecular weight is 239 g/mol. The van der Waals surface area contributed by atoms with E-state index < -0.39 is 5.82 Å². The van der Waals surface area contributed by atoms with Crippen LogP contribution in [0.15, 0.2) is 36.5 Å². The summed E-state index contributed by atoms with van der Waals surface area (Å²) in [4.78, 5) is 3.59. The van der Waals surface area contributed by atoms with Gasteiger partial charge >= 0.3 is 0 Å². The van der Waals surface area contributed by atoms with Gasteiger partial charge in [-0.15, -0.1) is 0 Å². The van der Waals surface area contributed by atoms with Crippen LogP contribution >= 0.6 is 11.6 Å². The highest BCUT2D eigenvalue weighted by atomic mass is 35.5. The van der Waals surface area contributed by atoms with Crippen molar-refractivity contribution in [2.45, 2.75) is 0 Å². The maximum absolute atomic E-state index is 13.3. The average Bonchev–Trinajstić information content (AvgIpc) is 2.27. The Balaban J connectivity index is 2.26. The van der Waals surface area contributed by atoms with Gasteiger partial charge in [0.15, 0.2) is 11.6 Å². The molecular weight excluding hydrogens is 231 g/mol. The van der Waals surface area contributed by atoms with Gasteiger partial charge in [-0.05, 0) is 24.3 Å². The first-order valence-electron chi connectivity index (χ1n) is 4.49. The summed E-state index contributed by atoms with van der Waals surface area (Å²) in [7, 11) is 0. The van der Waals surface area contributed by atoms with Gasteiger partial charge in [-0.3, -0.25) is 0 Å². The van der Waals surface area contributed by atoms with E-state index in [1.165, 1.54) is 6.07 Å². The molecule has 82 valence electrons. The van der Waals surface area contributed by atoms with Crippen LogP contribution in [0.1, 0.15) is 0 Å². The van der Waals surface area contributed by atoms with Crippen LogP contribution in [-0.4, -0.2) is 4.98 Å². The Morgan fingerprint density at radius 2 is 1.94 bits per heavy atom. The number of benzene rings is 1. The van der Waals surface area contributed by atoms with E-state index in [4.69, 9.17) is 22.1 Å². The molecule has 0 fully saturated rings. The second-order valence-corrected chi connectivity index (χ2v) is 3.50. The zero-order valence-electron chi connectivity index (χ0n) is 8.15. The van der Waals surface area contributed by atoms with Gasteiger partial charge in [0.2, 0.25) is 0 Å². The van der Waals surface area contributed by atoms with Crippen molar-refractivity contribution in [3.05, 3.63) is 47.5 Å². The minimum Gasteiger partial charge on any atom is -0.454 e. The summed E-state index contributed by atoms with van der Waals surface area (Å²) in [6.07, 6.45) is 1.01. The van der Waals surface area contributed by atoms with Gasteiger partial charge in [-0.25, -0.2) is 9.37 Å². The van der Waals surface area contributed by atoms with Crippen molar-refractivity contribution in [3.63, 3.8) is 0 Å². The number of hydrogen-bond donors (Lipinski definition) is 1. The fourth-order valence-electron chi connectivity index (χ4n) is 1.14. The van der Waals surface area contributed by atoms with Crippen molar-refractivity contribution in [1.82, 2.24) is 4.98 Å². The van der Waals surface area contributed by atoms with Crippen LogP contribution in [-0.2, 0) is 0 Å². The molecule has 0 atom stereocenters. The minimum absolute atomic E-state index is 0.0322. The van der Waals surface area contributed by atoms with Gasteiger partial charge in [-0.1, -0.05) is 11.6 Å². The summed E-state index contributed by atoms with van der Waals surface area (Å²) in [6.45, 7) is 0. The monoisotopic (exact) mass is 238 g/mol. The molecule has 1 aromatic heterocycles. The SMILES string of the molecule is Nc1ccc(Oc2cc(Cl)ncc2F)cc1. The Hall–Kier alpha value is -1.81. The molecule has 2 aromatic rings. The van der Waals surface area contributed by atoms with Gasteiger partial charge in [-0.2, -0.15) is 0 Å². The Morgan fingerprint density at radius 3 is 2.62 bits per heavy atom. The van der Waals surface area contributed by atoms with Gasteiger partial charge in [0, 0.05) is 11.8 Å². The van der Waals surface area contributed by atoms with Crippen molar-refractivity contribution in [1.29, 1.82) is 0 Å². The van der Waals surface area contributed by atoms with E-state index in [0.717, 1.165) is 6.20 Å². The molecule has 0 aliphatic rings. The Kier molecular flexibility index (Phi) is 2.92. The molecule has 0 saturated carbocycles. The van der Waals surface area contributed by atoms with Crippen LogP contribution in [0.4, 0.5) is 10.1 Å². The number of hydrogen-bond acceptors (Lipinski definition) is 3. The zero-order chi connectivity index (χ0) is 11.5. The van der Waals surface area contributed by atoms with E-state index in [1.807, 2.05) is 0 Å². The molecule has 1 heterocycles. The number of nitrogens with two attached hydrogens (primary N) is 1. The summed E-state index contributed by atoms with van der Waals surface area (Å²) in [6, 6.07) is 7.92. The lowest BCUT2D eigenvalue weighted by molar-refractivity contribution is 0.440. The number of rotatable bonds is 2. The lowest BCUT2D eigenvalue weighted by Gasteiger charge is -2.06. The van der Waals surface area contributed by atoms with Gasteiger partial charge in [0.05, 0.1) is 6.20 Å². The number of halogens is 2. The third-order valence-corrected chi connectivity index (χ3v) is 2.10. The van der Waals surface area contributed by atoms with E-state index in [1.54, 1.807) is 24.3 Å². The van der Waals surface area contributed by atoms with Crippen molar-refractivity contribution in [2.24, 2.45) is 0 Å². The van der Waals surface area contributed by atoms with Crippen LogP contribution in [0.25, 0.3) is 0 Å². The van der Waals surface area contributed by atoms with E-state index in [2.05, 4.69) is 4.98 Å². The molecule has 0 saturated heterocycles. The molecule has 2 rings (SSSR count). The van der Waals surface area contributed by atoms with Crippen LogP contribution in [0, 0.1) is 5.82 Å². The highest BCUT2D eigenvalue weighted by Gasteiger charge is 2.06. The number of pyridine rings is 1. The van der Waals surface area contributed by atoms with Crippen LogP contribution in [0.2, 0.25) is 5.15 Å². The molecule has 2 N–H and O–H groups in total. The quantitative estimate of drug-likeness (QED) is 0.645. The lowest BCUT2D eigenvalue weighted by atomic mass is 10.3. The second kappa shape index (κ2) is 4.37. The summed E-state index contributed by atoms with van der Waals surface area (Å²) < 4.78 is 18.6. The third-order valence-electron chi connectivity index (χ3n) is 1.89. The summed E-state index contributed by atoms with van der Waals surface area (Å²) >= 11 is 5.63. The summed E-state index contributed by atoms with van der Waals surface area (Å²) in [5.41, 5.74) is 6.12. The smallest absolute Gasteiger partial charge is 0.184 e. The molecule has 0 amide bonds. The highest BCUT2D eigenvalue weighted by molar-refractivity contribution is 6.29. The first-order valence-corrected chi connectivity index (χ1v) is 4.87. The molecular formula is C11H8ClFN2O. The van der Waals surface area contributed by atoms with Gasteiger partial charge in [0.1, 0.15) is 10.9 Å². The molecule has 16 heavy (non-hydrogen) atoms. The maximum Gasteiger partial charge on any atom is 0.184 e. The Labute approximate surface area is 96.6 Å². The number of ether oxygens (including phenoxy) is 1. The topological polar surface area (TPSA) is 48.1 Å². The summed E-state index contributed by atoms with van der Waals surface area (Å²) in [5, 5.41) is 0.173. The second-order valence-electron chi connectivity index (χ2n) is 3.11. The molecule has 1 aromatic carbocycles. The molecule has 0 aliphatic carbocycles. The van der Waals surface area contributed by atoms with E-state index in [0.29, 0.717) is 11.4 Å². The fourth-order valence-corrected chi connectivity index (χ4v) is 1.29. The third kappa shape index (κ3) is 2.41. The van der Waals surface area contributed by atoms with Crippen LogP contribution in [0.3, 0.4) is 0 Å². The molecule has 0 spiro atoms. The summed E-state index contributed by atoms with van der Waals surface area (Å²) in [5.74, 6) is -0.0543. The molecule has 3 nitrogen and oxygen atoms in total. The standard InChI is InChI=1S/C11H8ClFN2O/c12-11-5-10(9(13)6-15-11)16-8-3-1-7(14)2-4-8/h1-6H,14H2. The van der Waals surface area contributed by atoms with Gasteiger partial charge < -0.3 is 10.5 Å². The molecule has 0 radical (unpaired) electrons. The van der Waals surface area contributed by atoms with Crippen LogP contribution < -0.4 is 10.5 Å². The van der Waals surface area contributed by atoms with Crippen molar-refractivity contribution in [3.8, 4) is 11.5 Å². The van der Waals surface area contributed by atoms with E-state index >= 15 is 0 Å². The minimum atomic E-state index is -0.568. The molecule has 0 bridgehead atoms. The fraction of sp³-hybridized carbons (Fsp3) is 0. The maximum atomic E-state index is 13.3. The van der Waals surface area contributed by atoms with Crippen molar-refractivity contribution in [2.75, 3.05) is 5.73 Å². The van der Waals surface area contributed by atoms with Crippen molar-refractivity contribution < 1.29 is 9.13 Å². The molecule has 0 unspecified atom stereocenters. The van der Waals surface area contributed by atoms with Gasteiger partial charge in [0.25, 0.3) is 0 Å². The van der Waals surface area contributed by atoms with Crippen LogP contribution in [0.5, 0.6) is 11.5 Å². The number of nitrogen functional groups attached to an aromatic ring is 1. The predicted octanol–water partition coefficient (Wildman–Crippen LogP) is 3.25. The Morgan fingerprint density at radius 1 is 1.25 bits per heavy atom. The number of aromatic nitrogens is 1. The van der Waals surface area contributed by atoms with E-state index in [9.17, 15) is 4.39 Å². The molecule has 0 aliphatic heterocycles. The largest absolute Gasteiger partial charge is 0.454 e. The lowest BCUT2D eigenvalue weighted by Crippen LogP contribution is -1.90. The van der Waals surface area contributed by atoms with E-state index in [-0.39, 0.29) is 10.9 Å². The number of nitrogens with zero attached hydrogens (tertiary/aromatic N) is 1. The first-order chi connectivity index (χ1) is 7.65.